The average molecular weight is 229 g/mol. The summed E-state index contributed by atoms with van der Waals surface area (Å²) in [6.07, 6.45) is 0. The van der Waals surface area contributed by atoms with Crippen molar-refractivity contribution >= 4 is 11.7 Å². The second-order valence-corrected chi connectivity index (χ2v) is 3.54. The lowest BCUT2D eigenvalue weighted by Gasteiger charge is -2.05. The molecule has 1 aromatic heterocycles. The van der Waals surface area contributed by atoms with E-state index in [1.807, 2.05) is 0 Å². The molecule has 0 aliphatic carbocycles. The molecule has 1 heterocycles. The molecule has 0 fully saturated rings. The molecule has 17 heavy (non-hydrogen) atoms. The van der Waals surface area contributed by atoms with Crippen LogP contribution in [0.15, 0.2) is 36.4 Å². The first-order valence-corrected chi connectivity index (χ1v) is 4.93. The normalized spacial score (nSPS) is 10.1. The third-order valence-electron chi connectivity index (χ3n) is 2.33. The van der Waals surface area contributed by atoms with Crippen molar-refractivity contribution in [1.29, 1.82) is 0 Å². The number of phenols is 1. The number of carbonyl (C=O) groups excluding carboxylic acids is 1. The number of pyridine rings is 1. The van der Waals surface area contributed by atoms with E-state index in [0.717, 1.165) is 0 Å². The van der Waals surface area contributed by atoms with Crippen LogP contribution in [-0.4, -0.2) is 16.0 Å². The number of rotatable bonds is 2. The van der Waals surface area contributed by atoms with Gasteiger partial charge in [-0.2, -0.15) is 0 Å². The molecule has 5 nitrogen and oxygen atoms in total. The van der Waals surface area contributed by atoms with Crippen LogP contribution in [0.5, 0.6) is 5.75 Å². The molecule has 0 saturated heterocycles. The summed E-state index contributed by atoms with van der Waals surface area (Å²) >= 11 is 0. The van der Waals surface area contributed by atoms with E-state index in [1.54, 1.807) is 24.3 Å². The molecule has 1 aromatic carbocycles. The van der Waals surface area contributed by atoms with Gasteiger partial charge in [-0.15, -0.1) is 0 Å². The van der Waals surface area contributed by atoms with Gasteiger partial charge < -0.3 is 16.6 Å². The van der Waals surface area contributed by atoms with Crippen molar-refractivity contribution in [2.75, 3.05) is 5.73 Å². The van der Waals surface area contributed by atoms with Gasteiger partial charge in [0.1, 0.15) is 11.6 Å². The zero-order valence-corrected chi connectivity index (χ0v) is 8.92. The molecule has 0 bridgehead atoms. The Morgan fingerprint density at radius 1 is 1.24 bits per heavy atom. The molecule has 1 amide bonds. The zero-order chi connectivity index (χ0) is 12.4. The van der Waals surface area contributed by atoms with Gasteiger partial charge in [-0.1, -0.05) is 6.07 Å². The standard InChI is InChI=1S/C12H11N3O2/c13-11-3-1-2-9(15-11)7-4-5-10(16)8(6-7)12(14)17/h1-6,16H,(H2,13,15)(H2,14,17). The maximum atomic E-state index is 11.1. The first-order chi connectivity index (χ1) is 8.08. The molecule has 0 saturated carbocycles. The van der Waals surface area contributed by atoms with E-state index in [4.69, 9.17) is 11.5 Å². The van der Waals surface area contributed by atoms with Gasteiger partial charge in [-0.25, -0.2) is 4.98 Å². The molecule has 0 radical (unpaired) electrons. The summed E-state index contributed by atoms with van der Waals surface area (Å²) < 4.78 is 0. The smallest absolute Gasteiger partial charge is 0.252 e. The van der Waals surface area contributed by atoms with E-state index in [9.17, 15) is 9.90 Å². The highest BCUT2D eigenvalue weighted by atomic mass is 16.3. The predicted octanol–water partition coefficient (Wildman–Crippen LogP) is 1.14. The van der Waals surface area contributed by atoms with Gasteiger partial charge in [-0.05, 0) is 30.3 Å². The minimum Gasteiger partial charge on any atom is -0.507 e. The summed E-state index contributed by atoms with van der Waals surface area (Å²) in [7, 11) is 0. The predicted molar refractivity (Wildman–Crippen MR) is 64.3 cm³/mol. The van der Waals surface area contributed by atoms with Crippen LogP contribution >= 0.6 is 0 Å². The Hall–Kier alpha value is -2.56. The van der Waals surface area contributed by atoms with E-state index < -0.39 is 5.91 Å². The maximum absolute atomic E-state index is 11.1. The first-order valence-electron chi connectivity index (χ1n) is 4.93. The van der Waals surface area contributed by atoms with Gasteiger partial charge in [0.2, 0.25) is 0 Å². The fourth-order valence-corrected chi connectivity index (χ4v) is 1.50. The SMILES string of the molecule is NC(=O)c1cc(-c2cccc(N)n2)ccc1O. The van der Waals surface area contributed by atoms with Crippen molar-refractivity contribution in [2.24, 2.45) is 5.73 Å². The number of carbonyl (C=O) groups is 1. The maximum Gasteiger partial charge on any atom is 0.252 e. The number of nitrogens with zero attached hydrogens (tertiary/aromatic N) is 1. The summed E-state index contributed by atoms with van der Waals surface area (Å²) in [5, 5.41) is 9.46. The monoisotopic (exact) mass is 229 g/mol. The zero-order valence-electron chi connectivity index (χ0n) is 8.92. The lowest BCUT2D eigenvalue weighted by molar-refractivity contribution is 0.0998. The second-order valence-electron chi connectivity index (χ2n) is 3.54. The number of anilines is 1. The largest absolute Gasteiger partial charge is 0.507 e. The number of hydrogen-bond acceptors (Lipinski definition) is 4. The number of aromatic hydroxyl groups is 1. The van der Waals surface area contributed by atoms with E-state index in [2.05, 4.69) is 4.98 Å². The highest BCUT2D eigenvalue weighted by Gasteiger charge is 2.09. The number of primary amides is 1. The quantitative estimate of drug-likeness (QED) is 0.718. The molecule has 86 valence electrons. The average Bonchev–Trinajstić information content (AvgIpc) is 2.29. The third-order valence-corrected chi connectivity index (χ3v) is 2.33. The van der Waals surface area contributed by atoms with Gasteiger partial charge in [0.15, 0.2) is 0 Å². The number of nitrogens with two attached hydrogens (primary N) is 2. The lowest BCUT2D eigenvalue weighted by Crippen LogP contribution is -2.11. The molecular weight excluding hydrogens is 218 g/mol. The van der Waals surface area contributed by atoms with Crippen LogP contribution in [0.25, 0.3) is 11.3 Å². The molecule has 0 aliphatic heterocycles. The van der Waals surface area contributed by atoms with Crippen molar-refractivity contribution < 1.29 is 9.90 Å². The van der Waals surface area contributed by atoms with Crippen molar-refractivity contribution in [3.8, 4) is 17.0 Å². The van der Waals surface area contributed by atoms with E-state index >= 15 is 0 Å². The third kappa shape index (κ3) is 2.17. The number of hydrogen-bond donors (Lipinski definition) is 3. The molecular formula is C12H11N3O2. The Bertz CT molecular complexity index is 582. The summed E-state index contributed by atoms with van der Waals surface area (Å²) in [6.45, 7) is 0. The molecule has 2 rings (SSSR count). The van der Waals surface area contributed by atoms with Gasteiger partial charge in [0.05, 0.1) is 11.3 Å². The fraction of sp³-hybridized carbons (Fsp3) is 0. The number of amides is 1. The Labute approximate surface area is 97.7 Å². The molecule has 2 aromatic rings. The van der Waals surface area contributed by atoms with Crippen LogP contribution in [0.2, 0.25) is 0 Å². The van der Waals surface area contributed by atoms with Gasteiger partial charge >= 0.3 is 0 Å². The fourth-order valence-electron chi connectivity index (χ4n) is 1.50. The van der Waals surface area contributed by atoms with Crippen molar-refractivity contribution in [2.45, 2.75) is 0 Å². The van der Waals surface area contributed by atoms with Gasteiger partial charge in [0.25, 0.3) is 5.91 Å². The minimum absolute atomic E-state index is 0.0618. The molecule has 0 aliphatic rings. The van der Waals surface area contributed by atoms with Gasteiger partial charge in [0, 0.05) is 5.56 Å². The van der Waals surface area contributed by atoms with Crippen LogP contribution in [0.3, 0.4) is 0 Å². The van der Waals surface area contributed by atoms with E-state index in [0.29, 0.717) is 17.1 Å². The van der Waals surface area contributed by atoms with Crippen LogP contribution < -0.4 is 11.5 Å². The van der Waals surface area contributed by atoms with Crippen molar-refractivity contribution in [3.05, 3.63) is 42.0 Å². The highest BCUT2D eigenvalue weighted by molar-refractivity contribution is 5.96. The van der Waals surface area contributed by atoms with Crippen molar-refractivity contribution in [3.63, 3.8) is 0 Å². The number of nitrogen functional groups attached to an aromatic ring is 1. The minimum atomic E-state index is -0.687. The highest BCUT2D eigenvalue weighted by Crippen LogP contribution is 2.24. The van der Waals surface area contributed by atoms with Crippen LogP contribution in [0.4, 0.5) is 5.82 Å². The Morgan fingerprint density at radius 3 is 2.65 bits per heavy atom. The van der Waals surface area contributed by atoms with E-state index in [1.165, 1.54) is 12.1 Å². The summed E-state index contributed by atoms with van der Waals surface area (Å²) in [4.78, 5) is 15.2. The summed E-state index contributed by atoms with van der Waals surface area (Å²) in [6, 6.07) is 9.71. The molecule has 0 atom stereocenters. The number of benzene rings is 1. The van der Waals surface area contributed by atoms with Crippen molar-refractivity contribution in [1.82, 2.24) is 4.98 Å². The summed E-state index contributed by atoms with van der Waals surface area (Å²) in [5.41, 5.74) is 12.1. The first kappa shape index (κ1) is 10.9. The van der Waals surface area contributed by atoms with Crippen LogP contribution in [-0.2, 0) is 0 Å². The Kier molecular flexibility index (Phi) is 2.66. The van der Waals surface area contributed by atoms with E-state index in [-0.39, 0.29) is 11.3 Å². The molecule has 5 heteroatoms. The van der Waals surface area contributed by atoms with Crippen LogP contribution in [0, 0.1) is 0 Å². The Morgan fingerprint density at radius 2 is 2.00 bits per heavy atom. The molecule has 5 N–H and O–H groups in total. The number of aromatic nitrogens is 1. The van der Waals surface area contributed by atoms with Crippen LogP contribution in [0.1, 0.15) is 10.4 Å². The summed E-state index contributed by atoms with van der Waals surface area (Å²) in [5.74, 6) is -0.449. The molecule has 0 spiro atoms. The second kappa shape index (κ2) is 4.13. The lowest BCUT2D eigenvalue weighted by atomic mass is 10.1. The van der Waals surface area contributed by atoms with Gasteiger partial charge in [-0.3, -0.25) is 4.79 Å². The topological polar surface area (TPSA) is 102 Å². The molecule has 0 unspecified atom stereocenters. The Balaban J connectivity index is 2.54.